The largest absolute Gasteiger partial charge is 0.318 e. The van der Waals surface area contributed by atoms with Crippen LogP contribution in [0.4, 0.5) is 5.69 Å². The van der Waals surface area contributed by atoms with Gasteiger partial charge in [-0.25, -0.2) is 0 Å². The van der Waals surface area contributed by atoms with Crippen molar-refractivity contribution < 1.29 is 4.57 Å². The van der Waals surface area contributed by atoms with Crippen molar-refractivity contribution in [1.82, 2.24) is 0 Å². The van der Waals surface area contributed by atoms with Crippen molar-refractivity contribution in [2.75, 3.05) is 4.67 Å². The maximum Gasteiger partial charge on any atom is 0.149 e. The number of benzene rings is 5. The van der Waals surface area contributed by atoms with Gasteiger partial charge in [0.2, 0.25) is 0 Å². The third-order valence-corrected chi connectivity index (χ3v) is 7.83. The van der Waals surface area contributed by atoms with Gasteiger partial charge in [-0.15, -0.1) is 0 Å². The van der Waals surface area contributed by atoms with Crippen LogP contribution in [0, 0.1) is 0 Å². The molecule has 5 aromatic rings. The van der Waals surface area contributed by atoms with Crippen LogP contribution in [0.25, 0.3) is 33.0 Å². The van der Waals surface area contributed by atoms with Crippen LogP contribution in [-0.4, -0.2) is 0 Å². The summed E-state index contributed by atoms with van der Waals surface area (Å²) < 4.78 is 15.2. The zero-order valence-electron chi connectivity index (χ0n) is 18.9. The Labute approximate surface area is 201 Å². The van der Waals surface area contributed by atoms with E-state index < -0.39 is 8.61 Å². The van der Waals surface area contributed by atoms with Gasteiger partial charge in [0.15, 0.2) is 0 Å². The highest BCUT2D eigenvalue weighted by molar-refractivity contribution is 7.26. The molecule has 3 heteroatoms. The summed E-state index contributed by atoms with van der Waals surface area (Å²) in [5.74, 6) is 0. The number of aryl methyl sites for hydroxylation is 1. The van der Waals surface area contributed by atoms with E-state index in [9.17, 15) is 4.57 Å². The summed E-state index contributed by atoms with van der Waals surface area (Å²) in [6.45, 7) is 0. The topological polar surface area (TPSA) is 20.3 Å². The summed E-state index contributed by atoms with van der Waals surface area (Å²) in [4.78, 5) is 0. The lowest BCUT2D eigenvalue weighted by molar-refractivity contribution is 0.575. The second-order valence-corrected chi connectivity index (χ2v) is 9.63. The Hall–Kier alpha value is -3.61. The summed E-state index contributed by atoms with van der Waals surface area (Å²) in [5, 5.41) is 2.48. The first-order valence-electron chi connectivity index (χ1n) is 11.8. The van der Waals surface area contributed by atoms with Gasteiger partial charge in [-0.1, -0.05) is 115 Å². The van der Waals surface area contributed by atoms with Crippen LogP contribution >= 0.6 is 8.61 Å². The minimum atomic E-state index is -1.15. The van der Waals surface area contributed by atoms with Crippen LogP contribution in [-0.2, 0) is 11.0 Å². The first-order valence-corrected chi connectivity index (χ1v) is 12.8. The highest BCUT2D eigenvalue weighted by Gasteiger charge is 2.31. The summed E-state index contributed by atoms with van der Waals surface area (Å²) in [5.41, 5.74) is 8.36. The van der Waals surface area contributed by atoms with E-state index in [1.165, 1.54) is 38.6 Å². The van der Waals surface area contributed by atoms with Crippen molar-refractivity contribution in [3.05, 3.63) is 126 Å². The zero-order valence-corrected chi connectivity index (χ0v) is 20.0. The molecule has 0 aromatic heterocycles. The Bertz CT molecular complexity index is 1470. The molecule has 0 fully saturated rings. The quantitative estimate of drug-likeness (QED) is 0.252. The Morgan fingerprint density at radius 1 is 0.676 bits per heavy atom. The molecule has 0 saturated carbocycles. The number of fused-ring (bicyclic) bond motifs is 2. The Kier molecular flexibility index (Phi) is 5.53. The van der Waals surface area contributed by atoms with E-state index in [1.807, 2.05) is 0 Å². The van der Waals surface area contributed by atoms with E-state index >= 15 is 0 Å². The van der Waals surface area contributed by atoms with Crippen molar-refractivity contribution >= 4 is 25.1 Å². The Morgan fingerprint density at radius 3 is 2.12 bits per heavy atom. The lowest BCUT2D eigenvalue weighted by Crippen LogP contribution is -2.26. The lowest BCUT2D eigenvalue weighted by atomic mass is 9.85. The molecule has 5 aromatic carbocycles. The van der Waals surface area contributed by atoms with Gasteiger partial charge < -0.3 is 9.24 Å². The molecule has 0 amide bonds. The zero-order chi connectivity index (χ0) is 22.9. The standard InChI is InChI=1S/C31H26NOP/c33-34-32-29(28-17-9-15-22-12-7-8-16-26(22)28)21-19-25-18-20-27(23-10-3-1-4-11-23)30(31(25)32)24-13-5-2-6-14-24/h1-18,20,29H,19,21,34H2. The predicted molar refractivity (Wildman–Crippen MR) is 145 cm³/mol. The number of rotatable bonds is 4. The number of anilines is 1. The van der Waals surface area contributed by atoms with E-state index in [-0.39, 0.29) is 6.04 Å². The fourth-order valence-electron chi connectivity index (χ4n) is 5.45. The first kappa shape index (κ1) is 21.0. The van der Waals surface area contributed by atoms with Crippen LogP contribution in [0.1, 0.15) is 23.6 Å². The average Bonchev–Trinajstić information content (AvgIpc) is 2.92. The van der Waals surface area contributed by atoms with Gasteiger partial charge in [0.1, 0.15) is 8.61 Å². The molecule has 0 spiro atoms. The SMILES string of the molecule is O=[PH2]N1c2c(ccc(-c3ccccc3)c2-c2ccccc2)CCC1c1cccc2ccccc12. The number of hydrogen-bond acceptors (Lipinski definition) is 1. The van der Waals surface area contributed by atoms with Gasteiger partial charge >= 0.3 is 0 Å². The normalized spacial score (nSPS) is 15.6. The molecule has 0 radical (unpaired) electrons. The lowest BCUT2D eigenvalue weighted by Gasteiger charge is -2.38. The fourth-order valence-corrected chi connectivity index (χ4v) is 6.30. The van der Waals surface area contributed by atoms with E-state index in [0.29, 0.717) is 0 Å². The molecule has 1 heterocycles. The monoisotopic (exact) mass is 459 g/mol. The first-order chi connectivity index (χ1) is 16.8. The molecule has 166 valence electrons. The highest BCUT2D eigenvalue weighted by atomic mass is 31.1. The van der Waals surface area contributed by atoms with Crippen molar-refractivity contribution in [2.24, 2.45) is 0 Å². The van der Waals surface area contributed by atoms with Crippen LogP contribution in [0.2, 0.25) is 0 Å². The third kappa shape index (κ3) is 3.56. The maximum absolute atomic E-state index is 13.0. The minimum absolute atomic E-state index is 0.0829. The molecule has 2 nitrogen and oxygen atoms in total. The molecule has 1 aliphatic heterocycles. The molecule has 34 heavy (non-hydrogen) atoms. The molecule has 0 bridgehead atoms. The fraction of sp³-hybridized carbons (Fsp3) is 0.0968. The Morgan fingerprint density at radius 2 is 1.35 bits per heavy atom. The third-order valence-electron chi connectivity index (χ3n) is 6.99. The molecule has 0 aliphatic carbocycles. The minimum Gasteiger partial charge on any atom is -0.318 e. The van der Waals surface area contributed by atoms with Crippen molar-refractivity contribution in [3.63, 3.8) is 0 Å². The molecule has 1 aliphatic rings. The molecule has 2 atom stereocenters. The maximum atomic E-state index is 13.0. The van der Waals surface area contributed by atoms with Gasteiger partial charge in [0.25, 0.3) is 0 Å². The van der Waals surface area contributed by atoms with Gasteiger partial charge in [0, 0.05) is 5.56 Å². The van der Waals surface area contributed by atoms with E-state index in [0.717, 1.165) is 24.1 Å². The van der Waals surface area contributed by atoms with E-state index in [1.54, 1.807) is 0 Å². The molecule has 0 N–H and O–H groups in total. The summed E-state index contributed by atoms with van der Waals surface area (Å²) in [6, 6.07) is 40.7. The van der Waals surface area contributed by atoms with Gasteiger partial charge in [-0.3, -0.25) is 0 Å². The van der Waals surface area contributed by atoms with Crippen molar-refractivity contribution in [2.45, 2.75) is 18.9 Å². The summed E-state index contributed by atoms with van der Waals surface area (Å²) in [6.07, 6.45) is 1.92. The van der Waals surface area contributed by atoms with Crippen LogP contribution < -0.4 is 4.67 Å². The molecule has 6 rings (SSSR count). The van der Waals surface area contributed by atoms with Crippen molar-refractivity contribution in [1.29, 1.82) is 0 Å². The van der Waals surface area contributed by atoms with Gasteiger partial charge in [-0.2, -0.15) is 0 Å². The molecule has 2 unspecified atom stereocenters. The molecule has 0 saturated heterocycles. The van der Waals surface area contributed by atoms with Gasteiger partial charge in [0.05, 0.1) is 11.7 Å². The summed E-state index contributed by atoms with van der Waals surface area (Å²) >= 11 is 0. The van der Waals surface area contributed by atoms with Gasteiger partial charge in [-0.05, 0) is 51.4 Å². The van der Waals surface area contributed by atoms with Crippen LogP contribution in [0.3, 0.4) is 0 Å². The number of hydrogen-bond donors (Lipinski definition) is 0. The van der Waals surface area contributed by atoms with Crippen molar-refractivity contribution in [3.8, 4) is 22.3 Å². The average molecular weight is 460 g/mol. The van der Waals surface area contributed by atoms with Crippen LogP contribution in [0.5, 0.6) is 0 Å². The number of nitrogens with zero attached hydrogens (tertiary/aromatic N) is 1. The smallest absolute Gasteiger partial charge is 0.149 e. The van der Waals surface area contributed by atoms with Crippen LogP contribution in [0.15, 0.2) is 115 Å². The van der Waals surface area contributed by atoms with E-state index in [2.05, 4.69) is 120 Å². The summed E-state index contributed by atoms with van der Waals surface area (Å²) in [7, 11) is -1.15. The molecular weight excluding hydrogens is 433 g/mol. The second-order valence-electron chi connectivity index (χ2n) is 8.86. The highest BCUT2D eigenvalue weighted by Crippen LogP contribution is 2.51. The molecular formula is C31H26NOP. The van der Waals surface area contributed by atoms with E-state index in [4.69, 9.17) is 0 Å². The Balaban J connectivity index is 1.60. The predicted octanol–water partition coefficient (Wildman–Crippen LogP) is 8.34. The second kappa shape index (κ2) is 8.97.